The molecular formula is C24H23N3O3. The molecule has 0 bridgehead atoms. The molecule has 1 heterocycles. The molecule has 0 saturated heterocycles. The smallest absolute Gasteiger partial charge is 0.241 e. The lowest BCUT2D eigenvalue weighted by Crippen LogP contribution is -2.34. The second-order valence-electron chi connectivity index (χ2n) is 7.18. The number of methoxy groups -OCH3 is 1. The second-order valence-corrected chi connectivity index (χ2v) is 7.18. The maximum absolute atomic E-state index is 12.2. The summed E-state index contributed by atoms with van der Waals surface area (Å²) < 4.78 is 5.23. The van der Waals surface area contributed by atoms with Crippen molar-refractivity contribution in [3.63, 3.8) is 0 Å². The summed E-state index contributed by atoms with van der Waals surface area (Å²) in [5.41, 5.74) is 3.56. The van der Waals surface area contributed by atoms with Crippen molar-refractivity contribution in [2.75, 3.05) is 12.4 Å². The van der Waals surface area contributed by atoms with Gasteiger partial charge >= 0.3 is 0 Å². The van der Waals surface area contributed by atoms with Crippen LogP contribution in [0.5, 0.6) is 5.75 Å². The highest BCUT2D eigenvalue weighted by Gasteiger charge is 2.34. The fourth-order valence-electron chi connectivity index (χ4n) is 3.77. The molecule has 0 aliphatic carbocycles. The van der Waals surface area contributed by atoms with Crippen LogP contribution in [-0.2, 0) is 6.42 Å². The van der Waals surface area contributed by atoms with Crippen molar-refractivity contribution in [1.82, 2.24) is 4.98 Å². The van der Waals surface area contributed by atoms with Gasteiger partial charge in [0.25, 0.3) is 0 Å². The van der Waals surface area contributed by atoms with Gasteiger partial charge < -0.3 is 15.0 Å². The lowest BCUT2D eigenvalue weighted by atomic mass is 9.93. The third kappa shape index (κ3) is 4.12. The summed E-state index contributed by atoms with van der Waals surface area (Å²) in [6, 6.07) is 23.5. The maximum atomic E-state index is 12.2. The summed E-state index contributed by atoms with van der Waals surface area (Å²) in [6.07, 6.45) is 2.19. The number of ether oxygens (including phenoxy) is 1. The number of nitrogens with zero attached hydrogens (tertiary/aromatic N) is 1. The first-order valence-electron chi connectivity index (χ1n) is 9.79. The van der Waals surface area contributed by atoms with Crippen molar-refractivity contribution in [2.24, 2.45) is 0 Å². The molecule has 4 rings (SSSR count). The summed E-state index contributed by atoms with van der Waals surface area (Å²) in [5, 5.41) is 16.6. The number of aromatic amines is 1. The quantitative estimate of drug-likeness (QED) is 0.313. The van der Waals surface area contributed by atoms with Gasteiger partial charge in [0, 0.05) is 39.7 Å². The van der Waals surface area contributed by atoms with Crippen molar-refractivity contribution in [3.8, 4) is 5.75 Å². The molecule has 2 N–H and O–H groups in total. The minimum absolute atomic E-state index is 0.185. The van der Waals surface area contributed by atoms with E-state index in [-0.39, 0.29) is 4.92 Å². The first-order chi connectivity index (χ1) is 14.7. The van der Waals surface area contributed by atoms with E-state index in [0.717, 1.165) is 33.5 Å². The third-order valence-electron chi connectivity index (χ3n) is 5.31. The van der Waals surface area contributed by atoms with Crippen molar-refractivity contribution < 1.29 is 9.66 Å². The van der Waals surface area contributed by atoms with E-state index in [4.69, 9.17) is 4.74 Å². The fourth-order valence-corrected chi connectivity index (χ4v) is 3.77. The number of fused-ring (bicyclic) bond motifs is 1. The van der Waals surface area contributed by atoms with Crippen molar-refractivity contribution in [3.05, 3.63) is 106 Å². The topological polar surface area (TPSA) is 80.2 Å². The number of benzene rings is 3. The number of hydrogen-bond acceptors (Lipinski definition) is 4. The average Bonchev–Trinajstić information content (AvgIpc) is 3.21. The van der Waals surface area contributed by atoms with E-state index in [0.29, 0.717) is 6.42 Å². The minimum Gasteiger partial charge on any atom is -0.497 e. The van der Waals surface area contributed by atoms with E-state index in [1.807, 2.05) is 85.1 Å². The molecule has 6 heteroatoms. The first-order valence-corrected chi connectivity index (χ1v) is 9.79. The average molecular weight is 401 g/mol. The van der Waals surface area contributed by atoms with E-state index in [9.17, 15) is 10.1 Å². The molecule has 1 aromatic heterocycles. The molecule has 0 saturated carbocycles. The molecule has 4 aromatic rings. The summed E-state index contributed by atoms with van der Waals surface area (Å²) in [5.74, 6) is 0.735. The zero-order chi connectivity index (χ0) is 20.9. The normalized spacial score (nSPS) is 13.0. The fraction of sp³-hybridized carbons (Fsp3) is 0.167. The highest BCUT2D eigenvalue weighted by atomic mass is 16.6. The molecule has 0 aliphatic heterocycles. The second kappa shape index (κ2) is 8.69. The van der Waals surface area contributed by atoms with Gasteiger partial charge in [0.15, 0.2) is 0 Å². The van der Waals surface area contributed by atoms with Crippen LogP contribution in [0, 0.1) is 10.1 Å². The SMILES string of the molecule is COc1ccc(NC(c2c[nH]c3ccccc23)C(Cc2ccccc2)[N+](=O)[O-])cc1. The molecule has 0 radical (unpaired) electrons. The van der Waals surface area contributed by atoms with Crippen LogP contribution in [0.2, 0.25) is 0 Å². The van der Waals surface area contributed by atoms with E-state index < -0.39 is 12.1 Å². The van der Waals surface area contributed by atoms with Gasteiger partial charge in [-0.1, -0.05) is 48.5 Å². The lowest BCUT2D eigenvalue weighted by Gasteiger charge is -2.23. The Morgan fingerprint density at radius 1 is 1.00 bits per heavy atom. The van der Waals surface area contributed by atoms with Crippen molar-refractivity contribution in [2.45, 2.75) is 18.5 Å². The molecule has 30 heavy (non-hydrogen) atoms. The molecule has 2 atom stereocenters. The van der Waals surface area contributed by atoms with Crippen LogP contribution in [-0.4, -0.2) is 23.1 Å². The summed E-state index contributed by atoms with van der Waals surface area (Å²) >= 11 is 0. The Balaban J connectivity index is 1.75. The standard InChI is InChI=1S/C24H23N3O3/c1-30-19-13-11-18(12-14-19)26-24(21-16-25-22-10-6-5-9-20(21)22)23(27(28)29)15-17-7-3-2-4-8-17/h2-14,16,23-26H,15H2,1H3. The Kier molecular flexibility index (Phi) is 5.66. The number of hydrogen-bond donors (Lipinski definition) is 2. The van der Waals surface area contributed by atoms with Crippen molar-refractivity contribution in [1.29, 1.82) is 0 Å². The number of nitro groups is 1. The van der Waals surface area contributed by atoms with Gasteiger partial charge in [0.05, 0.1) is 7.11 Å². The number of nitrogens with one attached hydrogen (secondary N) is 2. The van der Waals surface area contributed by atoms with Crippen LogP contribution < -0.4 is 10.1 Å². The zero-order valence-electron chi connectivity index (χ0n) is 16.6. The molecule has 0 spiro atoms. The highest BCUT2D eigenvalue weighted by molar-refractivity contribution is 5.84. The van der Waals surface area contributed by atoms with Gasteiger partial charge in [-0.05, 0) is 35.9 Å². The predicted octanol–water partition coefficient (Wildman–Crippen LogP) is 5.22. The maximum Gasteiger partial charge on any atom is 0.241 e. The first kappa shape index (κ1) is 19.5. The Morgan fingerprint density at radius 2 is 1.70 bits per heavy atom. The van der Waals surface area contributed by atoms with E-state index in [1.165, 1.54) is 0 Å². The van der Waals surface area contributed by atoms with E-state index in [1.54, 1.807) is 7.11 Å². The Hall–Kier alpha value is -3.80. The molecule has 0 fully saturated rings. The Labute approximate surface area is 174 Å². The largest absolute Gasteiger partial charge is 0.497 e. The predicted molar refractivity (Wildman–Crippen MR) is 119 cm³/mol. The third-order valence-corrected chi connectivity index (χ3v) is 5.31. The summed E-state index contributed by atoms with van der Waals surface area (Å²) in [7, 11) is 1.61. The van der Waals surface area contributed by atoms with Gasteiger partial charge in [-0.2, -0.15) is 0 Å². The van der Waals surface area contributed by atoms with Crippen LogP contribution in [0.25, 0.3) is 10.9 Å². The lowest BCUT2D eigenvalue weighted by molar-refractivity contribution is -0.525. The minimum atomic E-state index is -0.853. The summed E-state index contributed by atoms with van der Waals surface area (Å²) in [4.78, 5) is 15.3. The van der Waals surface area contributed by atoms with Gasteiger partial charge in [-0.3, -0.25) is 10.1 Å². The van der Waals surface area contributed by atoms with Gasteiger partial charge in [-0.15, -0.1) is 0 Å². The molecule has 2 unspecified atom stereocenters. The van der Waals surface area contributed by atoms with Crippen LogP contribution in [0.15, 0.2) is 85.1 Å². The molecule has 6 nitrogen and oxygen atoms in total. The molecule has 3 aromatic carbocycles. The number of aromatic nitrogens is 1. The van der Waals surface area contributed by atoms with Crippen LogP contribution in [0.1, 0.15) is 17.2 Å². The Morgan fingerprint density at radius 3 is 2.40 bits per heavy atom. The summed E-state index contributed by atoms with van der Waals surface area (Å²) in [6.45, 7) is 0. The number of anilines is 1. The van der Waals surface area contributed by atoms with Crippen LogP contribution in [0.3, 0.4) is 0 Å². The number of H-pyrrole nitrogens is 1. The van der Waals surface area contributed by atoms with Gasteiger partial charge in [-0.25, -0.2) is 0 Å². The molecule has 0 aliphatic rings. The molecular weight excluding hydrogens is 378 g/mol. The zero-order valence-corrected chi connectivity index (χ0v) is 16.6. The van der Waals surface area contributed by atoms with E-state index in [2.05, 4.69) is 10.3 Å². The number of rotatable bonds is 8. The van der Waals surface area contributed by atoms with Crippen LogP contribution in [0.4, 0.5) is 5.69 Å². The highest BCUT2D eigenvalue weighted by Crippen LogP contribution is 2.32. The Bertz CT molecular complexity index is 1120. The molecule has 152 valence electrons. The van der Waals surface area contributed by atoms with Gasteiger partial charge in [0.2, 0.25) is 6.04 Å². The van der Waals surface area contributed by atoms with Gasteiger partial charge in [0.1, 0.15) is 11.8 Å². The van der Waals surface area contributed by atoms with E-state index >= 15 is 0 Å². The monoisotopic (exact) mass is 401 g/mol. The van der Waals surface area contributed by atoms with Crippen LogP contribution >= 0.6 is 0 Å². The van der Waals surface area contributed by atoms with Crippen molar-refractivity contribution >= 4 is 16.6 Å². The molecule has 0 amide bonds. The number of para-hydroxylation sites is 1.